The molecule has 2 aromatic heterocycles. The lowest BCUT2D eigenvalue weighted by Gasteiger charge is -2.27. The van der Waals surface area contributed by atoms with Crippen LogP contribution < -0.4 is 25.2 Å². The number of fused-ring (bicyclic) bond motifs is 3. The van der Waals surface area contributed by atoms with E-state index in [4.69, 9.17) is 17.3 Å². The van der Waals surface area contributed by atoms with Crippen LogP contribution in [0, 0.1) is 9.20 Å². The van der Waals surface area contributed by atoms with Crippen molar-refractivity contribution in [2.45, 2.75) is 134 Å². The predicted octanol–water partition coefficient (Wildman–Crippen LogP) is 12.0. The number of aliphatic carboxylic acids is 3. The number of benzene rings is 4. The number of carboxylic acids is 3. The number of carbonyl (C=O) groups is 4. The van der Waals surface area contributed by atoms with E-state index in [1.54, 1.807) is 17.1 Å². The first kappa shape index (κ1) is 57.8. The van der Waals surface area contributed by atoms with Crippen molar-refractivity contribution in [3.63, 3.8) is 0 Å². The van der Waals surface area contributed by atoms with E-state index in [2.05, 4.69) is 102 Å². The average Bonchev–Trinajstić information content (AvgIpc) is 4.43. The number of carboxylic acid groups (broad SMARTS) is 3. The molecule has 17 heteroatoms. The molecule has 80 heavy (non-hydrogen) atoms. The summed E-state index contributed by atoms with van der Waals surface area (Å²) in [7, 11) is 0. The van der Waals surface area contributed by atoms with Gasteiger partial charge in [0.1, 0.15) is 29.6 Å². The van der Waals surface area contributed by atoms with Gasteiger partial charge in [-0.1, -0.05) is 173 Å². The largest absolute Gasteiger partial charge is 0.481 e. The van der Waals surface area contributed by atoms with E-state index in [0.717, 1.165) is 143 Å². The van der Waals surface area contributed by atoms with E-state index in [1.165, 1.54) is 15.8 Å². The summed E-state index contributed by atoms with van der Waals surface area (Å²) in [6, 6.07) is 36.6. The highest BCUT2D eigenvalue weighted by molar-refractivity contribution is 8.30. The van der Waals surface area contributed by atoms with E-state index in [-0.39, 0.29) is 39.0 Å². The van der Waals surface area contributed by atoms with Gasteiger partial charge < -0.3 is 20.2 Å². The minimum absolute atomic E-state index is 0.0165. The summed E-state index contributed by atoms with van der Waals surface area (Å²) in [5, 5.41) is 28.1. The molecule has 3 N–H and O–H groups in total. The molecule has 2 atom stereocenters. The third-order valence-electron chi connectivity index (χ3n) is 15.1. The third kappa shape index (κ3) is 14.0. The van der Waals surface area contributed by atoms with E-state index in [0.29, 0.717) is 58.1 Å². The number of thiazole rings is 2. The van der Waals surface area contributed by atoms with E-state index in [1.807, 2.05) is 18.2 Å². The van der Waals surface area contributed by atoms with Crippen molar-refractivity contribution in [2.75, 3.05) is 11.4 Å². The van der Waals surface area contributed by atoms with Gasteiger partial charge >= 0.3 is 17.9 Å². The molecule has 1 amide bonds. The number of thioether (sulfide) groups is 1. The van der Waals surface area contributed by atoms with Crippen molar-refractivity contribution in [3.8, 4) is 0 Å². The molecular weight excluding hydrogens is 1080 g/mol. The molecule has 13 nitrogen and oxygen atoms in total. The van der Waals surface area contributed by atoms with Crippen LogP contribution in [-0.4, -0.2) is 70.1 Å². The summed E-state index contributed by atoms with van der Waals surface area (Å²) in [5.74, 6) is -2.87. The molecule has 4 heterocycles. The first-order chi connectivity index (χ1) is 38.9. The smallest absolute Gasteiger partial charge is 0.323 e. The average molecular weight is 1150 g/mol. The van der Waals surface area contributed by atoms with Gasteiger partial charge in [-0.15, -0.1) is 22.7 Å². The molecule has 6 aromatic rings. The Morgan fingerprint density at radius 2 is 1.23 bits per heavy atom. The van der Waals surface area contributed by atoms with Crippen molar-refractivity contribution in [1.82, 2.24) is 14.0 Å². The number of allylic oxidation sites excluding steroid dienone is 1. The lowest BCUT2D eigenvalue weighted by molar-refractivity contribution is -0.138. The monoisotopic (exact) mass is 1150 g/mol. The van der Waals surface area contributed by atoms with Crippen LogP contribution in [0.3, 0.4) is 0 Å². The molecule has 416 valence electrons. The zero-order chi connectivity index (χ0) is 56.1. The van der Waals surface area contributed by atoms with Crippen LogP contribution in [0.2, 0.25) is 0 Å². The molecule has 9 rings (SSSR count). The molecule has 1 aliphatic carbocycles. The normalized spacial score (nSPS) is 17.2. The molecule has 0 radical (unpaired) electrons. The maximum absolute atomic E-state index is 14.6. The Kier molecular flexibility index (Phi) is 19.9. The second-order valence-corrected chi connectivity index (χ2v) is 24.3. The number of carbonyl (C=O) groups excluding carboxylic acids is 1. The SMILES string of the molecule is O=C(O)CCCCCCCCCCCN1C(=O)/C(=c2\s/c(=c3/sc(=CC=Cc4ccc5c(c4)C4CCCC4N5c4ccc(C=C(c5ccccc5)c5ccccc5)cc4)c(=O)n3CC(=O)O)c(=O)n2CCCCCC(=O)O)SC1=S. The quantitative estimate of drug-likeness (QED) is 0.0266. The van der Waals surface area contributed by atoms with E-state index in [9.17, 15) is 39.0 Å². The number of unbranched alkanes of at least 4 members (excludes halogenated alkanes) is 10. The van der Waals surface area contributed by atoms with Gasteiger partial charge in [-0.25, -0.2) is 0 Å². The minimum Gasteiger partial charge on any atom is -0.481 e. The molecule has 0 bridgehead atoms. The summed E-state index contributed by atoms with van der Waals surface area (Å²) in [6.07, 6.45) is 20.9. The van der Waals surface area contributed by atoms with Crippen LogP contribution in [0.25, 0.3) is 28.7 Å². The summed E-state index contributed by atoms with van der Waals surface area (Å²) < 4.78 is 3.91. The molecule has 2 fully saturated rings. The van der Waals surface area contributed by atoms with E-state index < -0.39 is 35.6 Å². The minimum atomic E-state index is -1.25. The van der Waals surface area contributed by atoms with Crippen molar-refractivity contribution in [1.29, 1.82) is 0 Å². The number of anilines is 2. The summed E-state index contributed by atoms with van der Waals surface area (Å²) in [6.45, 7) is -0.0779. The summed E-state index contributed by atoms with van der Waals surface area (Å²) >= 11 is 8.92. The van der Waals surface area contributed by atoms with Gasteiger partial charge in [-0.2, -0.15) is 0 Å². The van der Waals surface area contributed by atoms with Gasteiger partial charge in [-0.3, -0.25) is 42.8 Å². The van der Waals surface area contributed by atoms with Gasteiger partial charge in [0.05, 0.1) is 4.53 Å². The number of hydrogen-bond acceptors (Lipinski definition) is 11. The zero-order valence-corrected chi connectivity index (χ0v) is 47.9. The summed E-state index contributed by atoms with van der Waals surface area (Å²) in [5.41, 5.74) is 8.14. The Morgan fingerprint density at radius 3 is 1.86 bits per heavy atom. The fraction of sp³-hybridized carbons (Fsp3) is 0.349. The zero-order valence-electron chi connectivity index (χ0n) is 44.6. The van der Waals surface area contributed by atoms with Crippen LogP contribution >= 0.6 is 46.7 Å². The van der Waals surface area contributed by atoms with Crippen LogP contribution in [0.1, 0.15) is 143 Å². The van der Waals surface area contributed by atoms with Crippen LogP contribution in [0.15, 0.2) is 119 Å². The molecule has 3 aliphatic rings. The fourth-order valence-electron chi connectivity index (χ4n) is 11.2. The topological polar surface area (TPSA) is 179 Å². The first-order valence-corrected chi connectivity index (χ1v) is 30.6. The second kappa shape index (κ2) is 27.5. The lowest BCUT2D eigenvalue weighted by Crippen LogP contribution is -2.32. The second-order valence-electron chi connectivity index (χ2n) is 20.6. The third-order valence-corrected chi connectivity index (χ3v) is 19.1. The molecule has 1 saturated heterocycles. The maximum Gasteiger partial charge on any atom is 0.323 e. The van der Waals surface area contributed by atoms with Crippen molar-refractivity contribution >= 4 is 115 Å². The number of thiocarbonyl (C=S) groups is 1. The Hall–Kier alpha value is -6.92. The highest BCUT2D eigenvalue weighted by Crippen LogP contribution is 2.52. The Bertz CT molecular complexity index is 3620. The molecular formula is C63H66N4O9S4. The van der Waals surface area contributed by atoms with E-state index >= 15 is 0 Å². The predicted molar refractivity (Wildman–Crippen MR) is 326 cm³/mol. The van der Waals surface area contributed by atoms with Crippen molar-refractivity contribution < 1.29 is 34.5 Å². The number of nitrogens with zero attached hydrogens (tertiary/aromatic N) is 4. The highest BCUT2D eigenvalue weighted by atomic mass is 32.2. The van der Waals surface area contributed by atoms with Crippen molar-refractivity contribution in [3.05, 3.63) is 176 Å². The standard InChI is InChI=1S/C63H66N4O9S4/c68-53(69)29-15-6-4-2-1-3-5-7-17-38-65-60(76)57(80-63(65)77)61-64(37-18-10-16-30-54(70)71)59(75)56(79-61)62-66(41-55(72)73)58(74)52(78-62)28-19-21-42-33-36-51-49(40-42)47-26-20-27-50(47)67(51)46-34-31-43(32-35-46)39-48(44-22-11-8-12-23-44)45-24-13-9-14-25-45/h8-9,11-14,19,21-25,28,31-36,39-40,47,50H,1-7,10,15-18,20,26-27,29-30,37-38,41H2,(H,68,69)(H,70,71)(H,72,73)/b21-19?,52-28?,61-57+,62-56+. The summed E-state index contributed by atoms with van der Waals surface area (Å²) in [4.78, 5) is 81.5. The van der Waals surface area contributed by atoms with Crippen molar-refractivity contribution in [2.24, 2.45) is 0 Å². The molecule has 1 saturated carbocycles. The highest BCUT2D eigenvalue weighted by Gasteiger charge is 2.42. The van der Waals surface area contributed by atoms with Gasteiger partial charge in [0.2, 0.25) is 0 Å². The molecule has 4 aromatic carbocycles. The van der Waals surface area contributed by atoms with Crippen LogP contribution in [-0.2, 0) is 32.3 Å². The lowest BCUT2D eigenvalue weighted by atomic mass is 9.95. The Morgan fingerprint density at radius 1 is 0.625 bits per heavy atom. The first-order valence-electron chi connectivity index (χ1n) is 27.8. The maximum atomic E-state index is 14.6. The van der Waals surface area contributed by atoms with Crippen LogP contribution in [0.5, 0.6) is 0 Å². The Labute approximate surface area is 482 Å². The molecule has 0 spiro atoms. The van der Waals surface area contributed by atoms with Gasteiger partial charge in [0.15, 0.2) is 0 Å². The fourth-order valence-corrected chi connectivity index (χ4v) is 15.0. The van der Waals surface area contributed by atoms with Gasteiger partial charge in [-0.05, 0) is 108 Å². The number of amides is 1. The number of rotatable bonds is 26. The van der Waals surface area contributed by atoms with Gasteiger partial charge in [0.25, 0.3) is 17.0 Å². The van der Waals surface area contributed by atoms with Gasteiger partial charge in [0, 0.05) is 49.3 Å². The number of hydrogen-bond donors (Lipinski definition) is 3. The molecule has 2 unspecified atom stereocenters. The Balaban J connectivity index is 0.970. The molecule has 2 aliphatic heterocycles. The number of aromatic nitrogens is 2. The van der Waals surface area contributed by atoms with Crippen LogP contribution in [0.4, 0.5) is 11.4 Å².